The fourth-order valence-corrected chi connectivity index (χ4v) is 3.08. The molecule has 0 radical (unpaired) electrons. The molecule has 0 atom stereocenters. The average Bonchev–Trinajstić information content (AvgIpc) is 2.43. The van der Waals surface area contributed by atoms with Crippen LogP contribution in [0.5, 0.6) is 0 Å². The zero-order valence-electron chi connectivity index (χ0n) is 12.3. The van der Waals surface area contributed by atoms with Gasteiger partial charge in [-0.15, -0.1) is 0 Å². The van der Waals surface area contributed by atoms with Crippen LogP contribution in [0.2, 0.25) is 0 Å². The van der Waals surface area contributed by atoms with Gasteiger partial charge in [0.1, 0.15) is 0 Å². The molecule has 1 saturated heterocycles. The molecule has 1 aliphatic heterocycles. The summed E-state index contributed by atoms with van der Waals surface area (Å²) in [7, 11) is 2.17. The number of amides is 1. The van der Waals surface area contributed by atoms with Gasteiger partial charge in [0, 0.05) is 11.0 Å². The fraction of sp³-hybridized carbons (Fsp3) is 0.562. The van der Waals surface area contributed by atoms with E-state index in [4.69, 9.17) is 0 Å². The number of hydrogen-bond acceptors (Lipinski definition) is 2. The lowest BCUT2D eigenvalue weighted by Crippen LogP contribution is -2.32. The van der Waals surface area contributed by atoms with Crippen molar-refractivity contribution in [3.63, 3.8) is 0 Å². The third kappa shape index (κ3) is 4.32. The fourth-order valence-electron chi connectivity index (χ4n) is 2.65. The maximum Gasteiger partial charge on any atom is 0.252 e. The van der Waals surface area contributed by atoms with Crippen LogP contribution in [0.3, 0.4) is 0 Å². The molecule has 0 saturated carbocycles. The molecule has 1 aromatic carbocycles. The van der Waals surface area contributed by atoms with Crippen molar-refractivity contribution in [1.82, 2.24) is 10.2 Å². The van der Waals surface area contributed by atoms with E-state index < -0.39 is 0 Å². The molecule has 0 spiro atoms. The highest BCUT2D eigenvalue weighted by Crippen LogP contribution is 2.20. The summed E-state index contributed by atoms with van der Waals surface area (Å²) < 4.78 is 0.861. The summed E-state index contributed by atoms with van der Waals surface area (Å²) in [5, 5.41) is 3.04. The molecule has 110 valence electrons. The van der Waals surface area contributed by atoms with E-state index in [-0.39, 0.29) is 5.91 Å². The highest BCUT2D eigenvalue weighted by atomic mass is 79.9. The smallest absolute Gasteiger partial charge is 0.252 e. The van der Waals surface area contributed by atoms with Crippen LogP contribution < -0.4 is 5.32 Å². The minimum absolute atomic E-state index is 0.0218. The van der Waals surface area contributed by atoms with Crippen LogP contribution in [0.15, 0.2) is 22.7 Å². The Labute approximate surface area is 129 Å². The minimum atomic E-state index is 0.0218. The van der Waals surface area contributed by atoms with Crippen molar-refractivity contribution in [3.8, 4) is 0 Å². The molecule has 3 nitrogen and oxygen atoms in total. The van der Waals surface area contributed by atoms with E-state index in [2.05, 4.69) is 33.2 Å². The molecule has 1 aromatic rings. The van der Waals surface area contributed by atoms with Crippen molar-refractivity contribution in [2.45, 2.75) is 26.2 Å². The normalized spacial score (nSPS) is 17.1. The van der Waals surface area contributed by atoms with E-state index in [0.29, 0.717) is 0 Å². The minimum Gasteiger partial charge on any atom is -0.352 e. The van der Waals surface area contributed by atoms with Gasteiger partial charge in [0.2, 0.25) is 0 Å². The van der Waals surface area contributed by atoms with Crippen molar-refractivity contribution in [3.05, 3.63) is 33.8 Å². The monoisotopic (exact) mass is 338 g/mol. The maximum atomic E-state index is 12.2. The Morgan fingerprint density at radius 2 is 2.10 bits per heavy atom. The first-order valence-corrected chi connectivity index (χ1v) is 8.08. The van der Waals surface area contributed by atoms with E-state index in [1.807, 2.05) is 25.1 Å². The Morgan fingerprint density at radius 1 is 1.40 bits per heavy atom. The molecular formula is C16H23BrN2O. The van der Waals surface area contributed by atoms with Crippen LogP contribution in [-0.2, 0) is 0 Å². The van der Waals surface area contributed by atoms with Crippen LogP contribution in [0.25, 0.3) is 0 Å². The first-order chi connectivity index (χ1) is 9.56. The zero-order chi connectivity index (χ0) is 14.5. The van der Waals surface area contributed by atoms with Crippen molar-refractivity contribution < 1.29 is 4.79 Å². The summed E-state index contributed by atoms with van der Waals surface area (Å²) in [5.74, 6) is 0.779. The van der Waals surface area contributed by atoms with Gasteiger partial charge in [-0.2, -0.15) is 0 Å². The summed E-state index contributed by atoms with van der Waals surface area (Å²) in [5.41, 5.74) is 1.84. The first kappa shape index (κ1) is 15.5. The number of halogens is 1. The van der Waals surface area contributed by atoms with Gasteiger partial charge in [-0.25, -0.2) is 0 Å². The lowest BCUT2D eigenvalue weighted by Gasteiger charge is -2.28. The predicted octanol–water partition coefficient (Wildman–Crippen LogP) is 3.22. The Bertz CT molecular complexity index is 468. The zero-order valence-corrected chi connectivity index (χ0v) is 13.9. The maximum absolute atomic E-state index is 12.2. The van der Waals surface area contributed by atoms with Crippen LogP contribution in [0, 0.1) is 12.8 Å². The Balaban J connectivity index is 1.79. The summed E-state index contributed by atoms with van der Waals surface area (Å²) in [4.78, 5) is 14.5. The molecule has 1 aliphatic rings. The van der Waals surface area contributed by atoms with Gasteiger partial charge in [-0.05, 0) is 80.3 Å². The molecule has 0 unspecified atom stereocenters. The largest absolute Gasteiger partial charge is 0.352 e. The number of hydrogen-bond donors (Lipinski definition) is 1. The Hall–Kier alpha value is -0.870. The number of rotatable bonds is 4. The number of benzene rings is 1. The molecule has 1 amide bonds. The topological polar surface area (TPSA) is 32.3 Å². The van der Waals surface area contributed by atoms with Gasteiger partial charge in [-0.1, -0.05) is 11.6 Å². The van der Waals surface area contributed by atoms with Gasteiger partial charge >= 0.3 is 0 Å². The van der Waals surface area contributed by atoms with Gasteiger partial charge in [0.25, 0.3) is 5.91 Å². The highest BCUT2D eigenvalue weighted by Gasteiger charge is 2.17. The van der Waals surface area contributed by atoms with Crippen LogP contribution in [-0.4, -0.2) is 37.5 Å². The molecule has 2 rings (SSSR count). The molecule has 0 aromatic heterocycles. The van der Waals surface area contributed by atoms with Crippen molar-refractivity contribution in [2.75, 3.05) is 26.7 Å². The third-order valence-electron chi connectivity index (χ3n) is 4.04. The van der Waals surface area contributed by atoms with Crippen molar-refractivity contribution in [2.24, 2.45) is 5.92 Å². The first-order valence-electron chi connectivity index (χ1n) is 7.29. The number of carbonyl (C=O) groups is 1. The number of carbonyl (C=O) groups excluding carboxylic acids is 1. The van der Waals surface area contributed by atoms with Crippen LogP contribution >= 0.6 is 15.9 Å². The Morgan fingerprint density at radius 3 is 2.80 bits per heavy atom. The SMILES string of the molecule is Cc1ccc(Br)c(C(=O)NCCC2CCN(C)CC2)c1. The quantitative estimate of drug-likeness (QED) is 0.914. The van der Waals surface area contributed by atoms with Gasteiger partial charge in [0.15, 0.2) is 0 Å². The number of piperidine rings is 1. The summed E-state index contributed by atoms with van der Waals surface area (Å²) in [6.45, 7) is 5.14. The highest BCUT2D eigenvalue weighted by molar-refractivity contribution is 9.10. The van der Waals surface area contributed by atoms with Gasteiger partial charge in [0.05, 0.1) is 5.56 Å². The number of likely N-dealkylation sites (tertiary alicyclic amines) is 1. The second-order valence-corrected chi connectivity index (χ2v) is 6.63. The molecule has 0 aliphatic carbocycles. The van der Waals surface area contributed by atoms with Gasteiger partial charge in [-0.3, -0.25) is 4.79 Å². The summed E-state index contributed by atoms with van der Waals surface area (Å²) in [6, 6.07) is 5.86. The molecule has 1 fully saturated rings. The van der Waals surface area contributed by atoms with Crippen molar-refractivity contribution >= 4 is 21.8 Å². The second kappa shape index (κ2) is 7.23. The van der Waals surface area contributed by atoms with E-state index >= 15 is 0 Å². The summed E-state index contributed by atoms with van der Waals surface area (Å²) in [6.07, 6.45) is 3.59. The molecule has 1 heterocycles. The van der Waals surface area contributed by atoms with E-state index in [1.165, 1.54) is 25.9 Å². The van der Waals surface area contributed by atoms with Crippen molar-refractivity contribution in [1.29, 1.82) is 0 Å². The van der Waals surface area contributed by atoms with Crippen LogP contribution in [0.4, 0.5) is 0 Å². The molecule has 0 bridgehead atoms. The standard InChI is InChI=1S/C16H23BrN2O/c1-12-3-4-15(17)14(11-12)16(20)18-8-5-13-6-9-19(2)10-7-13/h3-4,11,13H,5-10H2,1-2H3,(H,18,20). The van der Waals surface area contributed by atoms with Gasteiger partial charge < -0.3 is 10.2 Å². The third-order valence-corrected chi connectivity index (χ3v) is 4.73. The second-order valence-electron chi connectivity index (χ2n) is 5.77. The number of nitrogens with one attached hydrogen (secondary N) is 1. The molecule has 4 heteroatoms. The van der Waals surface area contributed by atoms with E-state index in [0.717, 1.165) is 34.5 Å². The Kier molecular flexibility index (Phi) is 5.61. The molecular weight excluding hydrogens is 316 g/mol. The summed E-state index contributed by atoms with van der Waals surface area (Å²) >= 11 is 3.44. The van der Waals surface area contributed by atoms with E-state index in [9.17, 15) is 4.79 Å². The molecule has 1 N–H and O–H groups in total. The number of nitrogens with zero attached hydrogens (tertiary/aromatic N) is 1. The molecule has 20 heavy (non-hydrogen) atoms. The number of aryl methyl sites for hydroxylation is 1. The average molecular weight is 339 g/mol. The lowest BCUT2D eigenvalue weighted by atomic mass is 9.94. The predicted molar refractivity (Wildman–Crippen MR) is 86.1 cm³/mol. The van der Waals surface area contributed by atoms with Crippen LogP contribution in [0.1, 0.15) is 35.2 Å². The lowest BCUT2D eigenvalue weighted by molar-refractivity contribution is 0.0948. The van der Waals surface area contributed by atoms with E-state index in [1.54, 1.807) is 0 Å².